The van der Waals surface area contributed by atoms with Gasteiger partial charge in [0.2, 0.25) is 5.13 Å². The molecule has 7 heteroatoms. The number of anilines is 1. The molecule has 0 saturated heterocycles. The first-order chi connectivity index (χ1) is 8.79. The van der Waals surface area contributed by atoms with Crippen LogP contribution in [0.5, 0.6) is 0 Å². The summed E-state index contributed by atoms with van der Waals surface area (Å²) in [5.41, 5.74) is 1.11. The van der Waals surface area contributed by atoms with Crippen LogP contribution in [0.2, 0.25) is 0 Å². The quantitative estimate of drug-likeness (QED) is 0.769. The molecule has 0 radical (unpaired) electrons. The maximum absolute atomic E-state index is 11.8. The maximum Gasteiger partial charge on any atom is 0.257 e. The highest BCUT2D eigenvalue weighted by atomic mass is 32.1. The van der Waals surface area contributed by atoms with Gasteiger partial charge in [0.25, 0.3) is 5.91 Å². The Labute approximate surface area is 107 Å². The minimum absolute atomic E-state index is 0.215. The van der Waals surface area contributed by atoms with Crippen molar-refractivity contribution >= 4 is 22.6 Å². The molecule has 0 spiro atoms. The summed E-state index contributed by atoms with van der Waals surface area (Å²) < 4.78 is 3.54. The number of hydrogen-bond donors (Lipinski definition) is 2. The second kappa shape index (κ2) is 5.86. The molecule has 1 amide bonds. The van der Waals surface area contributed by atoms with Gasteiger partial charge in [-0.05, 0) is 23.4 Å². The van der Waals surface area contributed by atoms with Gasteiger partial charge in [0.05, 0.1) is 0 Å². The number of aliphatic hydroxyl groups is 1. The van der Waals surface area contributed by atoms with Crippen LogP contribution in [0.3, 0.4) is 0 Å². The van der Waals surface area contributed by atoms with E-state index in [1.165, 1.54) is 0 Å². The number of benzene rings is 1. The third kappa shape index (κ3) is 3.10. The predicted octanol–water partition coefficient (Wildman–Crippen LogP) is 0.529. The largest absolute Gasteiger partial charge is 0.384 e. The van der Waals surface area contributed by atoms with Crippen LogP contribution < -0.4 is 5.32 Å². The van der Waals surface area contributed by atoms with Crippen LogP contribution in [0, 0.1) is 11.8 Å². The van der Waals surface area contributed by atoms with Gasteiger partial charge in [0.1, 0.15) is 6.61 Å². The SMILES string of the molecule is O=C(Nc1nnns1)c1cccc(C#CCO)c1. The van der Waals surface area contributed by atoms with Crippen molar-refractivity contribution in [2.24, 2.45) is 0 Å². The van der Waals surface area contributed by atoms with Crippen LogP contribution >= 0.6 is 11.5 Å². The van der Waals surface area contributed by atoms with Crippen molar-refractivity contribution < 1.29 is 9.90 Å². The maximum atomic E-state index is 11.8. The summed E-state index contributed by atoms with van der Waals surface area (Å²) in [6.45, 7) is -0.215. The summed E-state index contributed by atoms with van der Waals surface area (Å²) in [5, 5.41) is 18.5. The van der Waals surface area contributed by atoms with Crippen LogP contribution in [0.4, 0.5) is 5.13 Å². The zero-order chi connectivity index (χ0) is 12.8. The van der Waals surface area contributed by atoms with Crippen molar-refractivity contribution in [3.8, 4) is 11.8 Å². The molecule has 0 saturated carbocycles. The average Bonchev–Trinajstić information content (AvgIpc) is 2.89. The van der Waals surface area contributed by atoms with E-state index in [1.807, 2.05) is 0 Å². The number of carbonyl (C=O) groups excluding carboxylic acids is 1. The van der Waals surface area contributed by atoms with Crippen LogP contribution in [0.15, 0.2) is 24.3 Å². The van der Waals surface area contributed by atoms with E-state index in [2.05, 4.69) is 32.0 Å². The molecule has 90 valence electrons. The summed E-state index contributed by atoms with van der Waals surface area (Å²) in [5.74, 6) is 4.95. The lowest BCUT2D eigenvalue weighted by atomic mass is 10.1. The van der Waals surface area contributed by atoms with Gasteiger partial charge in [-0.25, -0.2) is 0 Å². The zero-order valence-corrected chi connectivity index (χ0v) is 9.94. The van der Waals surface area contributed by atoms with E-state index in [1.54, 1.807) is 24.3 Å². The molecule has 18 heavy (non-hydrogen) atoms. The topological polar surface area (TPSA) is 88.0 Å². The molecule has 6 nitrogen and oxygen atoms in total. The number of amides is 1. The zero-order valence-electron chi connectivity index (χ0n) is 9.12. The fraction of sp³-hybridized carbons (Fsp3) is 0.0909. The van der Waals surface area contributed by atoms with E-state index in [4.69, 9.17) is 5.11 Å². The number of aliphatic hydroxyl groups excluding tert-OH is 1. The van der Waals surface area contributed by atoms with E-state index < -0.39 is 0 Å². The summed E-state index contributed by atoms with van der Waals surface area (Å²) in [6, 6.07) is 6.76. The second-order valence-electron chi connectivity index (χ2n) is 3.16. The van der Waals surface area contributed by atoms with E-state index in [-0.39, 0.29) is 12.5 Å². The lowest BCUT2D eigenvalue weighted by Crippen LogP contribution is -2.11. The van der Waals surface area contributed by atoms with Crippen LogP contribution in [0.1, 0.15) is 15.9 Å². The van der Waals surface area contributed by atoms with Gasteiger partial charge >= 0.3 is 0 Å². The lowest BCUT2D eigenvalue weighted by molar-refractivity contribution is 0.102. The van der Waals surface area contributed by atoms with Gasteiger partial charge in [-0.3, -0.25) is 10.1 Å². The van der Waals surface area contributed by atoms with Gasteiger partial charge in [-0.2, -0.15) is 0 Å². The Bertz CT molecular complexity index is 601. The monoisotopic (exact) mass is 260 g/mol. The van der Waals surface area contributed by atoms with E-state index in [0.717, 1.165) is 11.5 Å². The smallest absolute Gasteiger partial charge is 0.257 e. The van der Waals surface area contributed by atoms with E-state index in [9.17, 15) is 4.79 Å². The first-order valence-electron chi connectivity index (χ1n) is 4.96. The molecule has 0 bridgehead atoms. The van der Waals surface area contributed by atoms with Crippen molar-refractivity contribution in [2.75, 3.05) is 11.9 Å². The van der Waals surface area contributed by atoms with Gasteiger partial charge in [-0.15, -0.1) is 0 Å². The molecule has 0 aliphatic carbocycles. The summed E-state index contributed by atoms with van der Waals surface area (Å²) in [7, 11) is 0. The van der Waals surface area contributed by atoms with Crippen LogP contribution in [-0.2, 0) is 0 Å². The number of carbonyl (C=O) groups is 1. The number of nitrogens with zero attached hydrogens (tertiary/aromatic N) is 3. The highest BCUT2D eigenvalue weighted by molar-refractivity contribution is 7.09. The average molecular weight is 260 g/mol. The molecular weight excluding hydrogens is 252 g/mol. The molecule has 0 aliphatic heterocycles. The molecular formula is C11H8N4O2S. The predicted molar refractivity (Wildman–Crippen MR) is 66.1 cm³/mol. The van der Waals surface area contributed by atoms with Crippen LogP contribution in [-0.4, -0.2) is 32.4 Å². The van der Waals surface area contributed by atoms with Crippen molar-refractivity contribution in [2.45, 2.75) is 0 Å². The van der Waals surface area contributed by atoms with Crippen molar-refractivity contribution in [3.05, 3.63) is 35.4 Å². The number of aromatic nitrogens is 3. The Morgan fingerprint density at radius 3 is 3.11 bits per heavy atom. The standard InChI is InChI=1S/C11H8N4O2S/c16-6-2-4-8-3-1-5-9(7-8)10(17)12-11-13-14-15-18-11/h1,3,5,7,16H,6H2,(H,12,13,15,17). The molecule has 1 aromatic heterocycles. The normalized spacial score (nSPS) is 9.39. The highest BCUT2D eigenvalue weighted by Gasteiger charge is 2.08. The molecule has 0 unspecified atom stereocenters. The molecule has 0 aliphatic rings. The van der Waals surface area contributed by atoms with Crippen molar-refractivity contribution in [3.63, 3.8) is 0 Å². The second-order valence-corrected chi connectivity index (χ2v) is 3.89. The first-order valence-corrected chi connectivity index (χ1v) is 5.73. The van der Waals surface area contributed by atoms with Gasteiger partial charge in [0.15, 0.2) is 0 Å². The first kappa shape index (κ1) is 12.2. The molecule has 2 rings (SSSR count). The number of nitrogens with one attached hydrogen (secondary N) is 1. The molecule has 1 heterocycles. The third-order valence-corrected chi connectivity index (χ3v) is 2.47. The Morgan fingerprint density at radius 2 is 2.39 bits per heavy atom. The van der Waals surface area contributed by atoms with E-state index >= 15 is 0 Å². The van der Waals surface area contributed by atoms with Crippen molar-refractivity contribution in [1.29, 1.82) is 0 Å². The fourth-order valence-electron chi connectivity index (χ4n) is 1.23. The Hall–Kier alpha value is -2.30. The Kier molecular flexibility index (Phi) is 3.96. The Balaban J connectivity index is 2.15. The molecule has 1 aromatic carbocycles. The minimum Gasteiger partial charge on any atom is -0.384 e. The van der Waals surface area contributed by atoms with Gasteiger partial charge < -0.3 is 5.11 Å². The molecule has 0 fully saturated rings. The summed E-state index contributed by atoms with van der Waals surface area (Å²) in [4.78, 5) is 11.8. The van der Waals surface area contributed by atoms with Gasteiger partial charge in [0, 0.05) is 22.7 Å². The molecule has 2 N–H and O–H groups in total. The van der Waals surface area contributed by atoms with Gasteiger partial charge in [-0.1, -0.05) is 27.5 Å². The number of rotatable bonds is 2. The van der Waals surface area contributed by atoms with Crippen LogP contribution in [0.25, 0.3) is 0 Å². The molecule has 0 atom stereocenters. The fourth-order valence-corrected chi connectivity index (χ4v) is 1.59. The Morgan fingerprint density at radius 1 is 1.50 bits per heavy atom. The van der Waals surface area contributed by atoms with E-state index in [0.29, 0.717) is 16.3 Å². The summed E-state index contributed by atoms with van der Waals surface area (Å²) >= 11 is 0.999. The van der Waals surface area contributed by atoms with Crippen molar-refractivity contribution in [1.82, 2.24) is 14.8 Å². The third-order valence-electron chi connectivity index (χ3n) is 1.96. The lowest BCUT2D eigenvalue weighted by Gasteiger charge is -2.00. The summed E-state index contributed by atoms with van der Waals surface area (Å²) in [6.07, 6.45) is 0. The highest BCUT2D eigenvalue weighted by Crippen LogP contribution is 2.09. The number of hydrogen-bond acceptors (Lipinski definition) is 6. The molecule has 2 aromatic rings. The minimum atomic E-state index is -0.304.